The van der Waals surface area contributed by atoms with Gasteiger partial charge in [-0.3, -0.25) is 14.4 Å². The number of nitrogens with two attached hydrogens (primary N) is 2. The third-order valence-electron chi connectivity index (χ3n) is 5.04. The Morgan fingerprint density at radius 2 is 1.26 bits per heavy atom. The van der Waals surface area contributed by atoms with E-state index in [1.165, 1.54) is 64.7 Å². The lowest BCUT2D eigenvalue weighted by Crippen LogP contribution is -2.38. The van der Waals surface area contributed by atoms with E-state index in [0.717, 1.165) is 25.7 Å². The fourth-order valence-corrected chi connectivity index (χ4v) is 2.96. The maximum absolute atomic E-state index is 11.4. The zero-order valence-corrected chi connectivity index (χ0v) is 19.7. The van der Waals surface area contributed by atoms with E-state index in [1.807, 2.05) is 0 Å². The molecule has 0 rings (SSSR count). The topological polar surface area (TPSA) is 156 Å². The molecule has 0 aliphatic heterocycles. The van der Waals surface area contributed by atoms with Crippen LogP contribution < -0.4 is 16.8 Å². The Labute approximate surface area is 188 Å². The Hall–Kier alpha value is -1.67. The number of aliphatic carboxylic acids is 2. The summed E-state index contributed by atoms with van der Waals surface area (Å²) in [6.07, 6.45) is 16.4. The molecule has 0 aromatic rings. The number of hydrogen-bond acceptors (Lipinski definition) is 5. The number of carbonyl (C=O) groups excluding carboxylic acids is 1. The van der Waals surface area contributed by atoms with Crippen molar-refractivity contribution in [1.29, 1.82) is 0 Å². The first-order valence-corrected chi connectivity index (χ1v) is 12.0. The van der Waals surface area contributed by atoms with Crippen molar-refractivity contribution in [2.24, 2.45) is 11.5 Å². The van der Waals surface area contributed by atoms with E-state index < -0.39 is 24.0 Å². The second kappa shape index (κ2) is 23.0. The Morgan fingerprint density at radius 3 is 1.68 bits per heavy atom. The van der Waals surface area contributed by atoms with E-state index in [0.29, 0.717) is 19.4 Å². The number of rotatable bonds is 19. The largest absolute Gasteiger partial charge is 0.480 e. The van der Waals surface area contributed by atoms with Gasteiger partial charge in [-0.2, -0.15) is 0 Å². The van der Waals surface area contributed by atoms with Crippen LogP contribution >= 0.6 is 0 Å². The molecular formula is C23H47N3O5. The summed E-state index contributed by atoms with van der Waals surface area (Å²) >= 11 is 0. The summed E-state index contributed by atoms with van der Waals surface area (Å²) in [4.78, 5) is 32.2. The number of nitrogens with one attached hydrogen (secondary N) is 1. The zero-order valence-electron chi connectivity index (χ0n) is 19.7. The minimum absolute atomic E-state index is 0.152. The normalized spacial score (nSPS) is 12.4. The third-order valence-corrected chi connectivity index (χ3v) is 5.04. The second-order valence-electron chi connectivity index (χ2n) is 8.14. The van der Waals surface area contributed by atoms with Crippen LogP contribution in [0, 0.1) is 0 Å². The van der Waals surface area contributed by atoms with Crippen LogP contribution in [0.25, 0.3) is 0 Å². The number of amides is 1. The van der Waals surface area contributed by atoms with Gasteiger partial charge in [-0.15, -0.1) is 0 Å². The molecule has 2 unspecified atom stereocenters. The molecule has 0 aromatic heterocycles. The van der Waals surface area contributed by atoms with Crippen molar-refractivity contribution in [1.82, 2.24) is 5.32 Å². The van der Waals surface area contributed by atoms with Gasteiger partial charge in [0, 0.05) is 6.42 Å². The van der Waals surface area contributed by atoms with Crippen molar-refractivity contribution >= 4 is 17.8 Å². The van der Waals surface area contributed by atoms with Crippen molar-refractivity contribution in [3.05, 3.63) is 0 Å². The van der Waals surface area contributed by atoms with Gasteiger partial charge in [-0.1, -0.05) is 77.6 Å². The molecule has 0 saturated carbocycles. The lowest BCUT2D eigenvalue weighted by Gasteiger charge is -2.08. The minimum atomic E-state index is -0.984. The van der Waals surface area contributed by atoms with Gasteiger partial charge in [-0.05, 0) is 32.7 Å². The molecule has 0 spiro atoms. The Morgan fingerprint density at radius 1 is 0.774 bits per heavy atom. The molecular weight excluding hydrogens is 398 g/mol. The van der Waals surface area contributed by atoms with Crippen LogP contribution in [0.2, 0.25) is 0 Å². The standard InChI is InChI=1S/C17H33NO3.C6H14N2O2/c1-3-4-5-6-7-8-9-10-11-12-13-14-16(19)18-15(2)17(20)21;7-4-2-1-3-5(8)6(9)10/h15H,3-14H2,1-2H3,(H,18,19)(H,20,21);5H,1-4,7-8H2,(H,9,10). The van der Waals surface area contributed by atoms with Gasteiger partial charge >= 0.3 is 11.9 Å². The van der Waals surface area contributed by atoms with Gasteiger partial charge in [0.15, 0.2) is 0 Å². The summed E-state index contributed by atoms with van der Waals surface area (Å²) < 4.78 is 0. The highest BCUT2D eigenvalue weighted by Crippen LogP contribution is 2.11. The lowest BCUT2D eigenvalue weighted by molar-refractivity contribution is -0.141. The quantitative estimate of drug-likeness (QED) is 0.189. The maximum Gasteiger partial charge on any atom is 0.325 e. The molecule has 0 bridgehead atoms. The highest BCUT2D eigenvalue weighted by atomic mass is 16.4. The van der Waals surface area contributed by atoms with Crippen LogP contribution in [0.5, 0.6) is 0 Å². The van der Waals surface area contributed by atoms with Gasteiger partial charge in [0.25, 0.3) is 0 Å². The summed E-state index contributed by atoms with van der Waals surface area (Å²) in [5.74, 6) is -2.07. The van der Waals surface area contributed by atoms with E-state index in [9.17, 15) is 14.4 Å². The molecule has 0 radical (unpaired) electrons. The van der Waals surface area contributed by atoms with E-state index in [4.69, 9.17) is 21.7 Å². The highest BCUT2D eigenvalue weighted by Gasteiger charge is 2.13. The van der Waals surface area contributed by atoms with Gasteiger partial charge < -0.3 is 27.0 Å². The number of unbranched alkanes of at least 4 members (excludes halogenated alkanes) is 11. The molecule has 0 fully saturated rings. The first kappa shape index (κ1) is 31.5. The average molecular weight is 446 g/mol. The smallest absolute Gasteiger partial charge is 0.325 e. The molecule has 1 amide bonds. The Bertz CT molecular complexity index is 460. The fourth-order valence-electron chi connectivity index (χ4n) is 2.96. The molecule has 8 nitrogen and oxygen atoms in total. The Kier molecular flexibility index (Phi) is 23.4. The van der Waals surface area contributed by atoms with Crippen LogP contribution in [0.3, 0.4) is 0 Å². The van der Waals surface area contributed by atoms with Crippen LogP contribution in [0.1, 0.15) is 110 Å². The molecule has 7 N–H and O–H groups in total. The van der Waals surface area contributed by atoms with E-state index in [-0.39, 0.29) is 5.91 Å². The summed E-state index contributed by atoms with van der Waals surface area (Å²) in [6, 6.07) is -1.50. The maximum atomic E-state index is 11.4. The SMILES string of the molecule is CCCCCCCCCCCCCC(=O)NC(C)C(=O)O.NCCCCC(N)C(=O)O. The third kappa shape index (κ3) is 24.5. The monoisotopic (exact) mass is 445 g/mol. The molecule has 0 heterocycles. The predicted molar refractivity (Wildman–Crippen MR) is 125 cm³/mol. The molecule has 2 atom stereocenters. The summed E-state index contributed by atoms with van der Waals surface area (Å²) in [6.45, 7) is 4.33. The van der Waals surface area contributed by atoms with Crippen molar-refractivity contribution in [2.75, 3.05) is 6.54 Å². The summed E-state index contributed by atoms with van der Waals surface area (Å²) in [5, 5.41) is 19.5. The Balaban J connectivity index is 0. The van der Waals surface area contributed by atoms with Crippen molar-refractivity contribution in [3.8, 4) is 0 Å². The van der Waals surface area contributed by atoms with Crippen LogP contribution in [-0.4, -0.2) is 46.7 Å². The molecule has 0 aliphatic rings. The van der Waals surface area contributed by atoms with Gasteiger partial charge in [-0.25, -0.2) is 0 Å². The number of carboxylic acids is 2. The number of carbonyl (C=O) groups is 3. The zero-order chi connectivity index (χ0) is 23.9. The fraction of sp³-hybridized carbons (Fsp3) is 0.870. The van der Waals surface area contributed by atoms with Gasteiger partial charge in [0.2, 0.25) is 5.91 Å². The second-order valence-corrected chi connectivity index (χ2v) is 8.14. The van der Waals surface area contributed by atoms with Crippen molar-refractivity contribution < 1.29 is 24.6 Å². The van der Waals surface area contributed by atoms with Crippen LogP contribution in [0.4, 0.5) is 0 Å². The van der Waals surface area contributed by atoms with Crippen LogP contribution in [0.15, 0.2) is 0 Å². The molecule has 0 aromatic carbocycles. The molecule has 184 valence electrons. The van der Waals surface area contributed by atoms with E-state index in [1.54, 1.807) is 0 Å². The number of hydrogen-bond donors (Lipinski definition) is 5. The first-order valence-electron chi connectivity index (χ1n) is 12.0. The van der Waals surface area contributed by atoms with Gasteiger partial charge in [0.1, 0.15) is 12.1 Å². The van der Waals surface area contributed by atoms with Gasteiger partial charge in [0.05, 0.1) is 0 Å². The predicted octanol–water partition coefficient (Wildman–Crippen LogP) is 3.80. The molecule has 31 heavy (non-hydrogen) atoms. The van der Waals surface area contributed by atoms with Crippen molar-refractivity contribution in [2.45, 2.75) is 122 Å². The summed E-state index contributed by atoms with van der Waals surface area (Å²) in [5.41, 5.74) is 10.4. The van der Waals surface area contributed by atoms with Crippen LogP contribution in [-0.2, 0) is 14.4 Å². The minimum Gasteiger partial charge on any atom is -0.480 e. The molecule has 8 heteroatoms. The molecule has 0 aliphatic carbocycles. The average Bonchev–Trinajstić information content (AvgIpc) is 2.72. The van der Waals surface area contributed by atoms with Crippen molar-refractivity contribution in [3.63, 3.8) is 0 Å². The number of carboxylic acid groups (broad SMARTS) is 2. The first-order chi connectivity index (χ1) is 14.8. The van der Waals surface area contributed by atoms with E-state index >= 15 is 0 Å². The molecule has 0 saturated heterocycles. The lowest BCUT2D eigenvalue weighted by atomic mass is 10.1. The van der Waals surface area contributed by atoms with E-state index in [2.05, 4.69) is 12.2 Å². The summed E-state index contributed by atoms with van der Waals surface area (Å²) in [7, 11) is 0. The highest BCUT2D eigenvalue weighted by molar-refractivity contribution is 5.83.